The molecule has 1 aromatic carbocycles. The molecule has 0 saturated carbocycles. The molecule has 0 aliphatic heterocycles. The van der Waals surface area contributed by atoms with Crippen LogP contribution in [0.15, 0.2) is 28.9 Å². The molecular weight excluding hydrogens is 355 g/mol. The number of halogens is 3. The Morgan fingerprint density at radius 2 is 2.35 bits per heavy atom. The van der Waals surface area contributed by atoms with Gasteiger partial charge in [0, 0.05) is 10.7 Å². The van der Waals surface area contributed by atoms with Crippen LogP contribution in [0.2, 0.25) is 5.02 Å². The highest BCUT2D eigenvalue weighted by Crippen LogP contribution is 2.22. The van der Waals surface area contributed by atoms with E-state index in [9.17, 15) is 9.18 Å². The van der Waals surface area contributed by atoms with Crippen molar-refractivity contribution in [3.63, 3.8) is 0 Å². The summed E-state index contributed by atoms with van der Waals surface area (Å²) in [5, 5.41) is 4.00. The third-order valence-electron chi connectivity index (χ3n) is 2.31. The molecule has 9 heteroatoms. The van der Waals surface area contributed by atoms with Gasteiger partial charge in [0.2, 0.25) is 0 Å². The maximum Gasteiger partial charge on any atom is 0.287 e. The third kappa shape index (κ3) is 3.27. The van der Waals surface area contributed by atoms with Gasteiger partial charge in [0.1, 0.15) is 0 Å². The predicted molar refractivity (Wildman–Crippen MR) is 73.6 cm³/mol. The second-order valence-electron chi connectivity index (χ2n) is 3.69. The quantitative estimate of drug-likeness (QED) is 0.495. The number of nitrogens with zero attached hydrogens (tertiary/aromatic N) is 2. The molecule has 2 aromatic rings. The van der Waals surface area contributed by atoms with Crippen molar-refractivity contribution in [2.45, 2.75) is 6.73 Å². The average molecular weight is 364 g/mol. The lowest BCUT2D eigenvalue weighted by atomic mass is 10.3. The number of benzene rings is 1. The topological polar surface area (TPSA) is 82.2 Å². The van der Waals surface area contributed by atoms with Crippen LogP contribution in [0.25, 0.3) is 0 Å². The molecule has 106 valence electrons. The fourth-order valence-electron chi connectivity index (χ4n) is 1.41. The number of nitrogen functional groups attached to an aromatic ring is 1. The summed E-state index contributed by atoms with van der Waals surface area (Å²) in [6, 6.07) is 4.39. The summed E-state index contributed by atoms with van der Waals surface area (Å²) in [6.07, 6.45) is 1.38. The van der Waals surface area contributed by atoms with Crippen LogP contribution in [0.5, 0.6) is 5.75 Å². The zero-order valence-corrected chi connectivity index (χ0v) is 12.3. The molecule has 0 aliphatic carbocycles. The molecule has 0 bridgehead atoms. The largest absolute Gasteiger partial charge is 0.468 e. The number of aromatic nitrogens is 2. The van der Waals surface area contributed by atoms with Crippen molar-refractivity contribution in [3.05, 3.63) is 45.4 Å². The van der Waals surface area contributed by atoms with Gasteiger partial charge in [-0.2, -0.15) is 5.10 Å². The Kier molecular flexibility index (Phi) is 4.58. The maximum absolute atomic E-state index is 13.5. The van der Waals surface area contributed by atoms with Crippen LogP contribution in [-0.2, 0) is 6.73 Å². The molecule has 0 saturated heterocycles. The second kappa shape index (κ2) is 6.21. The summed E-state index contributed by atoms with van der Waals surface area (Å²) in [6.45, 7) is -0.101. The van der Waals surface area contributed by atoms with Crippen molar-refractivity contribution < 1.29 is 13.9 Å². The van der Waals surface area contributed by atoms with E-state index < -0.39 is 11.7 Å². The molecule has 6 nitrogen and oxygen atoms in total. The van der Waals surface area contributed by atoms with Crippen LogP contribution in [0.3, 0.4) is 0 Å². The summed E-state index contributed by atoms with van der Waals surface area (Å²) in [5.74, 6) is 3.91. The number of carbonyl (C=O) groups excluding carboxylic acids is 1. The molecule has 0 aliphatic rings. The highest BCUT2D eigenvalue weighted by atomic mass is 79.9. The standard InChI is InChI=1S/C11H9BrClFN4O2/c12-6-1-2-9(8(14)3-6)20-5-18-4-7(13)10(17-18)11(19)16-15/h1-4H,5,15H2,(H,16,19). The van der Waals surface area contributed by atoms with Gasteiger partial charge in [0.05, 0.1) is 5.02 Å². The van der Waals surface area contributed by atoms with Gasteiger partial charge in [-0.15, -0.1) is 0 Å². The first-order valence-corrected chi connectivity index (χ1v) is 6.50. The second-order valence-corrected chi connectivity index (χ2v) is 5.01. The van der Waals surface area contributed by atoms with Crippen LogP contribution >= 0.6 is 27.5 Å². The lowest BCUT2D eigenvalue weighted by molar-refractivity contribution is 0.0946. The molecule has 3 N–H and O–H groups in total. The smallest absolute Gasteiger partial charge is 0.287 e. The first kappa shape index (κ1) is 14.8. The van der Waals surface area contributed by atoms with Gasteiger partial charge >= 0.3 is 0 Å². The number of ether oxygens (including phenoxy) is 1. The SMILES string of the molecule is NNC(=O)c1nn(COc2ccc(Br)cc2F)cc1Cl. The zero-order valence-electron chi connectivity index (χ0n) is 9.94. The fourth-order valence-corrected chi connectivity index (χ4v) is 1.98. The highest BCUT2D eigenvalue weighted by Gasteiger charge is 2.14. The number of hydrogen-bond acceptors (Lipinski definition) is 4. The van der Waals surface area contributed by atoms with E-state index in [1.165, 1.54) is 23.0 Å². The number of rotatable bonds is 4. The number of hydrazine groups is 1. The third-order valence-corrected chi connectivity index (χ3v) is 3.08. The molecule has 20 heavy (non-hydrogen) atoms. The Bertz CT molecular complexity index is 649. The van der Waals surface area contributed by atoms with Gasteiger partial charge in [-0.05, 0) is 18.2 Å². The van der Waals surface area contributed by atoms with E-state index in [4.69, 9.17) is 22.2 Å². The minimum Gasteiger partial charge on any atom is -0.468 e. The molecule has 1 aromatic heterocycles. The molecule has 0 spiro atoms. The van der Waals surface area contributed by atoms with Crippen LogP contribution < -0.4 is 16.0 Å². The van der Waals surface area contributed by atoms with Crippen LogP contribution in [-0.4, -0.2) is 15.7 Å². The molecule has 0 fully saturated rings. The Morgan fingerprint density at radius 1 is 1.60 bits per heavy atom. The number of amides is 1. The first-order chi connectivity index (χ1) is 9.51. The summed E-state index contributed by atoms with van der Waals surface area (Å²) in [7, 11) is 0. The molecule has 1 amide bonds. The van der Waals surface area contributed by atoms with Gasteiger partial charge in [0.15, 0.2) is 24.0 Å². The molecule has 2 rings (SSSR count). The van der Waals surface area contributed by atoms with Gasteiger partial charge in [0.25, 0.3) is 5.91 Å². The summed E-state index contributed by atoms with van der Waals surface area (Å²) >= 11 is 8.96. The Balaban J connectivity index is 2.09. The first-order valence-electron chi connectivity index (χ1n) is 5.33. The zero-order chi connectivity index (χ0) is 14.7. The van der Waals surface area contributed by atoms with Crippen molar-refractivity contribution in [1.82, 2.24) is 15.2 Å². The predicted octanol–water partition coefficient (Wildman–Crippen LogP) is 2.08. The number of nitrogens with one attached hydrogen (secondary N) is 1. The minimum atomic E-state index is -0.622. The van der Waals surface area contributed by atoms with E-state index >= 15 is 0 Å². The van der Waals surface area contributed by atoms with Gasteiger partial charge in [-0.25, -0.2) is 14.9 Å². The molecule has 0 atom stereocenters. The number of carbonyl (C=O) groups is 1. The highest BCUT2D eigenvalue weighted by molar-refractivity contribution is 9.10. The van der Waals surface area contributed by atoms with Crippen molar-refractivity contribution >= 4 is 33.4 Å². The van der Waals surface area contributed by atoms with E-state index in [1.807, 2.05) is 5.43 Å². The minimum absolute atomic E-state index is 0.0333. The van der Waals surface area contributed by atoms with Gasteiger partial charge < -0.3 is 4.74 Å². The van der Waals surface area contributed by atoms with E-state index in [-0.39, 0.29) is 23.2 Å². The van der Waals surface area contributed by atoms with Crippen molar-refractivity contribution in [2.24, 2.45) is 5.84 Å². The monoisotopic (exact) mass is 362 g/mol. The molecule has 1 heterocycles. The van der Waals surface area contributed by atoms with Crippen molar-refractivity contribution in [3.8, 4) is 5.75 Å². The average Bonchev–Trinajstić information content (AvgIpc) is 2.78. The Morgan fingerprint density at radius 3 is 3.00 bits per heavy atom. The van der Waals surface area contributed by atoms with E-state index in [0.717, 1.165) is 0 Å². The van der Waals surface area contributed by atoms with Crippen LogP contribution in [0.4, 0.5) is 4.39 Å². The maximum atomic E-state index is 13.5. The van der Waals surface area contributed by atoms with Crippen LogP contribution in [0, 0.1) is 5.82 Å². The van der Waals surface area contributed by atoms with E-state index in [1.54, 1.807) is 6.07 Å². The fraction of sp³-hybridized carbons (Fsp3) is 0.0909. The lowest BCUT2D eigenvalue weighted by Crippen LogP contribution is -2.30. The number of nitrogens with two attached hydrogens (primary N) is 1. The number of hydrogen-bond donors (Lipinski definition) is 2. The van der Waals surface area contributed by atoms with Crippen molar-refractivity contribution in [1.29, 1.82) is 0 Å². The summed E-state index contributed by atoms with van der Waals surface area (Å²) in [4.78, 5) is 11.3. The molecule has 0 unspecified atom stereocenters. The van der Waals surface area contributed by atoms with E-state index in [0.29, 0.717) is 4.47 Å². The Hall–Kier alpha value is -1.64. The van der Waals surface area contributed by atoms with Crippen LogP contribution in [0.1, 0.15) is 10.5 Å². The molecular formula is C11H9BrClFN4O2. The van der Waals surface area contributed by atoms with Crippen molar-refractivity contribution in [2.75, 3.05) is 0 Å². The summed E-state index contributed by atoms with van der Waals surface area (Å²) in [5.41, 5.74) is 1.89. The van der Waals surface area contributed by atoms with Gasteiger partial charge in [-0.1, -0.05) is 27.5 Å². The normalized spacial score (nSPS) is 10.4. The molecule has 0 radical (unpaired) electrons. The lowest BCUT2D eigenvalue weighted by Gasteiger charge is -2.07. The van der Waals surface area contributed by atoms with Gasteiger partial charge in [-0.3, -0.25) is 10.2 Å². The summed E-state index contributed by atoms with van der Waals surface area (Å²) < 4.78 is 20.6. The van der Waals surface area contributed by atoms with E-state index in [2.05, 4.69) is 21.0 Å². The Labute approximate surface area is 126 Å².